The number of carboxylic acid groups (broad SMARTS) is 1. The van der Waals surface area contributed by atoms with Crippen LogP contribution < -0.4 is 10.1 Å². The molecule has 2 aromatic rings. The molecule has 2 N–H and O–H groups in total. The number of benzene rings is 1. The molecule has 19 heavy (non-hydrogen) atoms. The lowest BCUT2D eigenvalue weighted by molar-refractivity contribution is -0.141. The number of rotatable bonds is 3. The van der Waals surface area contributed by atoms with E-state index in [2.05, 4.69) is 5.32 Å². The van der Waals surface area contributed by atoms with Crippen molar-refractivity contribution in [3.05, 3.63) is 30.0 Å². The molecule has 0 aliphatic carbocycles. The maximum absolute atomic E-state index is 11.0. The molecule has 2 unspecified atom stereocenters. The summed E-state index contributed by atoms with van der Waals surface area (Å²) in [5.41, 5.74) is 1.76. The van der Waals surface area contributed by atoms with Crippen molar-refractivity contribution in [1.82, 2.24) is 5.32 Å². The van der Waals surface area contributed by atoms with Crippen LogP contribution in [0.25, 0.3) is 11.0 Å². The van der Waals surface area contributed by atoms with Gasteiger partial charge in [-0.3, -0.25) is 4.79 Å². The summed E-state index contributed by atoms with van der Waals surface area (Å²) in [5.74, 6) is -0.388. The Morgan fingerprint density at radius 3 is 3.05 bits per heavy atom. The standard InChI is InChI=1S/C14H15NO4/c1-18-12-6-9(4-8-2-3-19-13(8)12)11-5-10(7-15-11)14(16)17/h2-4,6,10-11,15H,5,7H2,1H3,(H,16,17). The van der Waals surface area contributed by atoms with E-state index in [1.54, 1.807) is 13.4 Å². The molecule has 5 heteroatoms. The molecule has 0 radical (unpaired) electrons. The molecule has 1 aliphatic heterocycles. The average Bonchev–Trinajstić information content (AvgIpc) is 3.05. The largest absolute Gasteiger partial charge is 0.493 e. The minimum absolute atomic E-state index is 0.0503. The van der Waals surface area contributed by atoms with Crippen LogP contribution in [-0.4, -0.2) is 24.7 Å². The number of nitrogens with one attached hydrogen (secondary N) is 1. The lowest BCUT2D eigenvalue weighted by Crippen LogP contribution is -2.17. The Morgan fingerprint density at radius 2 is 2.37 bits per heavy atom. The molecule has 0 spiro atoms. The van der Waals surface area contributed by atoms with Gasteiger partial charge in [0.2, 0.25) is 0 Å². The smallest absolute Gasteiger partial charge is 0.307 e. The maximum Gasteiger partial charge on any atom is 0.307 e. The Kier molecular flexibility index (Phi) is 2.91. The van der Waals surface area contributed by atoms with Gasteiger partial charge in [-0.1, -0.05) is 0 Å². The highest BCUT2D eigenvalue weighted by molar-refractivity contribution is 5.84. The van der Waals surface area contributed by atoms with Gasteiger partial charge in [0.15, 0.2) is 11.3 Å². The molecule has 3 rings (SSSR count). The quantitative estimate of drug-likeness (QED) is 0.886. The van der Waals surface area contributed by atoms with E-state index in [0.29, 0.717) is 18.7 Å². The van der Waals surface area contributed by atoms with E-state index in [9.17, 15) is 4.79 Å². The zero-order valence-electron chi connectivity index (χ0n) is 10.6. The minimum atomic E-state index is -0.744. The summed E-state index contributed by atoms with van der Waals surface area (Å²) in [6.45, 7) is 0.506. The summed E-state index contributed by atoms with van der Waals surface area (Å²) < 4.78 is 10.7. The van der Waals surface area contributed by atoms with Crippen LogP contribution in [0.1, 0.15) is 18.0 Å². The zero-order chi connectivity index (χ0) is 13.4. The van der Waals surface area contributed by atoms with Crippen molar-refractivity contribution in [3.63, 3.8) is 0 Å². The van der Waals surface area contributed by atoms with Crippen molar-refractivity contribution >= 4 is 16.9 Å². The van der Waals surface area contributed by atoms with Crippen molar-refractivity contribution in [2.24, 2.45) is 5.92 Å². The van der Waals surface area contributed by atoms with Gasteiger partial charge in [-0.2, -0.15) is 0 Å². The van der Waals surface area contributed by atoms with E-state index in [4.69, 9.17) is 14.3 Å². The molecule has 1 fully saturated rings. The first kappa shape index (κ1) is 12.0. The number of carboxylic acids is 1. The Hall–Kier alpha value is -2.01. The summed E-state index contributed by atoms with van der Waals surface area (Å²) in [6, 6.07) is 5.86. The van der Waals surface area contributed by atoms with Gasteiger partial charge in [0.05, 0.1) is 19.3 Å². The Labute approximate surface area is 110 Å². The molecule has 0 amide bonds. The van der Waals surface area contributed by atoms with Crippen molar-refractivity contribution in [2.75, 3.05) is 13.7 Å². The number of methoxy groups -OCH3 is 1. The fourth-order valence-corrected chi connectivity index (χ4v) is 2.60. The maximum atomic E-state index is 11.0. The molecule has 100 valence electrons. The normalized spacial score (nSPS) is 22.8. The molecule has 5 nitrogen and oxygen atoms in total. The number of carbonyl (C=O) groups is 1. The Bertz CT molecular complexity index is 619. The van der Waals surface area contributed by atoms with Gasteiger partial charge in [0.1, 0.15) is 0 Å². The molecule has 1 aromatic heterocycles. The number of aliphatic carboxylic acids is 1. The number of hydrogen-bond donors (Lipinski definition) is 2. The van der Waals surface area contributed by atoms with Crippen LogP contribution in [0.5, 0.6) is 5.75 Å². The zero-order valence-corrected chi connectivity index (χ0v) is 10.6. The highest BCUT2D eigenvalue weighted by Crippen LogP contribution is 2.34. The molecular weight excluding hydrogens is 246 g/mol. The number of hydrogen-bond acceptors (Lipinski definition) is 4. The SMILES string of the molecule is COc1cc(C2CC(C(=O)O)CN2)cc2ccoc12. The third kappa shape index (κ3) is 2.06. The second kappa shape index (κ2) is 4.59. The summed E-state index contributed by atoms with van der Waals surface area (Å²) in [4.78, 5) is 11.0. The highest BCUT2D eigenvalue weighted by atomic mass is 16.5. The molecule has 1 aliphatic rings. The fraction of sp³-hybridized carbons (Fsp3) is 0.357. The van der Waals surface area contributed by atoms with E-state index in [0.717, 1.165) is 16.5 Å². The predicted octanol–water partition coefficient (Wildman–Crippen LogP) is 2.18. The third-order valence-corrected chi connectivity index (χ3v) is 3.64. The summed E-state index contributed by atoms with van der Waals surface area (Å²) in [5, 5.41) is 13.3. The van der Waals surface area contributed by atoms with E-state index in [1.807, 2.05) is 18.2 Å². The van der Waals surface area contributed by atoms with Crippen LogP contribution in [0.4, 0.5) is 0 Å². The van der Waals surface area contributed by atoms with Gasteiger partial charge >= 0.3 is 5.97 Å². The summed E-state index contributed by atoms with van der Waals surface area (Å²) in [7, 11) is 1.60. The molecule has 0 bridgehead atoms. The second-order valence-corrected chi connectivity index (χ2v) is 4.79. The van der Waals surface area contributed by atoms with Crippen molar-refractivity contribution < 1.29 is 19.1 Å². The van der Waals surface area contributed by atoms with Crippen molar-refractivity contribution in [2.45, 2.75) is 12.5 Å². The highest BCUT2D eigenvalue weighted by Gasteiger charge is 2.30. The molecule has 2 atom stereocenters. The lowest BCUT2D eigenvalue weighted by atomic mass is 9.99. The van der Waals surface area contributed by atoms with Crippen molar-refractivity contribution in [1.29, 1.82) is 0 Å². The predicted molar refractivity (Wildman–Crippen MR) is 69.3 cm³/mol. The third-order valence-electron chi connectivity index (χ3n) is 3.64. The van der Waals surface area contributed by atoms with Crippen LogP contribution in [-0.2, 0) is 4.79 Å². The molecule has 0 saturated carbocycles. The van der Waals surface area contributed by atoms with Gasteiger partial charge < -0.3 is 19.6 Å². The van der Waals surface area contributed by atoms with Crippen LogP contribution in [0.3, 0.4) is 0 Å². The second-order valence-electron chi connectivity index (χ2n) is 4.79. The Morgan fingerprint density at radius 1 is 1.53 bits per heavy atom. The Balaban J connectivity index is 1.95. The number of furan rings is 1. The van der Waals surface area contributed by atoms with Gasteiger partial charge in [-0.25, -0.2) is 0 Å². The van der Waals surface area contributed by atoms with Gasteiger partial charge in [-0.15, -0.1) is 0 Å². The van der Waals surface area contributed by atoms with Crippen LogP contribution in [0.2, 0.25) is 0 Å². The summed E-state index contributed by atoms with van der Waals surface area (Å²) >= 11 is 0. The van der Waals surface area contributed by atoms with E-state index >= 15 is 0 Å². The number of fused-ring (bicyclic) bond motifs is 1. The van der Waals surface area contributed by atoms with Crippen LogP contribution in [0, 0.1) is 5.92 Å². The molecule has 1 saturated heterocycles. The minimum Gasteiger partial charge on any atom is -0.493 e. The van der Waals surface area contributed by atoms with Gasteiger partial charge in [-0.05, 0) is 30.2 Å². The molecular formula is C14H15NO4. The first-order valence-corrected chi connectivity index (χ1v) is 6.20. The van der Waals surface area contributed by atoms with Gasteiger partial charge in [0, 0.05) is 18.0 Å². The topological polar surface area (TPSA) is 71.7 Å². The van der Waals surface area contributed by atoms with Crippen molar-refractivity contribution in [3.8, 4) is 5.75 Å². The van der Waals surface area contributed by atoms with Gasteiger partial charge in [0.25, 0.3) is 0 Å². The summed E-state index contributed by atoms with van der Waals surface area (Å²) in [6.07, 6.45) is 2.22. The van der Waals surface area contributed by atoms with E-state index in [-0.39, 0.29) is 12.0 Å². The first-order valence-electron chi connectivity index (χ1n) is 6.20. The van der Waals surface area contributed by atoms with E-state index < -0.39 is 5.97 Å². The lowest BCUT2D eigenvalue weighted by Gasteiger charge is -2.12. The fourth-order valence-electron chi connectivity index (χ4n) is 2.60. The number of ether oxygens (including phenoxy) is 1. The van der Waals surface area contributed by atoms with E-state index in [1.165, 1.54) is 0 Å². The van der Waals surface area contributed by atoms with Crippen LogP contribution >= 0.6 is 0 Å². The molecule has 1 aromatic carbocycles. The first-order chi connectivity index (χ1) is 9.19. The molecule has 2 heterocycles. The average molecular weight is 261 g/mol. The monoisotopic (exact) mass is 261 g/mol. The van der Waals surface area contributed by atoms with Crippen LogP contribution in [0.15, 0.2) is 28.9 Å².